The first-order valence-electron chi connectivity index (χ1n) is 4.98. The van der Waals surface area contributed by atoms with Crippen LogP contribution in [0.2, 0.25) is 0 Å². The van der Waals surface area contributed by atoms with E-state index in [-0.39, 0.29) is 12.3 Å². The minimum absolute atomic E-state index is 0.240. The lowest BCUT2D eigenvalue weighted by Crippen LogP contribution is -2.21. The van der Waals surface area contributed by atoms with E-state index < -0.39 is 5.97 Å². The van der Waals surface area contributed by atoms with Crippen molar-refractivity contribution in [2.75, 3.05) is 18.0 Å². The van der Waals surface area contributed by atoms with E-state index in [1.54, 1.807) is 18.6 Å². The molecule has 0 bridgehead atoms. The van der Waals surface area contributed by atoms with Gasteiger partial charge < -0.3 is 10.0 Å². The van der Waals surface area contributed by atoms with Gasteiger partial charge in [0.05, 0.1) is 6.20 Å². The first kappa shape index (κ1) is 9.89. The zero-order chi connectivity index (χ0) is 10.7. The number of carboxylic acids is 1. The van der Waals surface area contributed by atoms with Gasteiger partial charge in [-0.05, 0) is 12.3 Å². The van der Waals surface area contributed by atoms with Crippen LogP contribution in [0.4, 0.5) is 5.82 Å². The van der Waals surface area contributed by atoms with Crippen molar-refractivity contribution in [1.29, 1.82) is 0 Å². The van der Waals surface area contributed by atoms with Gasteiger partial charge in [0, 0.05) is 31.9 Å². The van der Waals surface area contributed by atoms with Crippen LogP contribution in [0, 0.1) is 5.92 Å². The molecule has 1 aliphatic rings. The van der Waals surface area contributed by atoms with E-state index in [1.807, 2.05) is 0 Å². The molecule has 2 rings (SSSR count). The van der Waals surface area contributed by atoms with Crippen LogP contribution in [0.15, 0.2) is 18.6 Å². The minimum atomic E-state index is -0.721. The Labute approximate surface area is 87.8 Å². The normalized spacial score (nSPS) is 20.5. The molecule has 80 valence electrons. The lowest BCUT2D eigenvalue weighted by Gasteiger charge is -2.15. The van der Waals surface area contributed by atoms with E-state index in [0.29, 0.717) is 0 Å². The van der Waals surface area contributed by atoms with E-state index in [4.69, 9.17) is 5.11 Å². The number of aromatic nitrogens is 2. The Bertz CT molecular complexity index is 342. The Hall–Kier alpha value is -1.65. The second-order valence-corrected chi connectivity index (χ2v) is 3.76. The van der Waals surface area contributed by atoms with E-state index in [2.05, 4.69) is 14.9 Å². The molecule has 1 aromatic heterocycles. The van der Waals surface area contributed by atoms with E-state index in [1.165, 1.54) is 0 Å². The van der Waals surface area contributed by atoms with E-state index in [0.717, 1.165) is 25.3 Å². The fraction of sp³-hybridized carbons (Fsp3) is 0.500. The zero-order valence-electron chi connectivity index (χ0n) is 8.33. The third kappa shape index (κ3) is 2.43. The summed E-state index contributed by atoms with van der Waals surface area (Å²) in [5.41, 5.74) is 0. The molecule has 0 aromatic carbocycles. The topological polar surface area (TPSA) is 66.3 Å². The summed E-state index contributed by atoms with van der Waals surface area (Å²) in [7, 11) is 0. The number of aliphatic carboxylic acids is 1. The third-order valence-electron chi connectivity index (χ3n) is 2.62. The summed E-state index contributed by atoms with van der Waals surface area (Å²) in [5, 5.41) is 8.68. The molecule has 0 aliphatic carbocycles. The van der Waals surface area contributed by atoms with Gasteiger partial charge >= 0.3 is 5.97 Å². The van der Waals surface area contributed by atoms with Crippen molar-refractivity contribution < 1.29 is 9.90 Å². The van der Waals surface area contributed by atoms with Crippen molar-refractivity contribution in [3.05, 3.63) is 18.6 Å². The number of nitrogens with zero attached hydrogens (tertiary/aromatic N) is 3. The molecule has 0 spiro atoms. The molecular weight excluding hydrogens is 194 g/mol. The van der Waals surface area contributed by atoms with Crippen LogP contribution < -0.4 is 4.90 Å². The maximum absolute atomic E-state index is 10.6. The van der Waals surface area contributed by atoms with Gasteiger partial charge in [-0.15, -0.1) is 0 Å². The average Bonchev–Trinajstić information content (AvgIpc) is 2.67. The maximum Gasteiger partial charge on any atom is 0.303 e. The smallest absolute Gasteiger partial charge is 0.303 e. The van der Waals surface area contributed by atoms with Gasteiger partial charge in [0.2, 0.25) is 0 Å². The molecule has 1 saturated heterocycles. The summed E-state index contributed by atoms with van der Waals surface area (Å²) in [6, 6.07) is 0. The summed E-state index contributed by atoms with van der Waals surface area (Å²) in [6.45, 7) is 1.64. The molecule has 1 fully saturated rings. The highest BCUT2D eigenvalue weighted by Crippen LogP contribution is 2.23. The fourth-order valence-electron chi connectivity index (χ4n) is 1.91. The first-order valence-corrected chi connectivity index (χ1v) is 4.98. The minimum Gasteiger partial charge on any atom is -0.481 e. The molecule has 1 atom stereocenters. The van der Waals surface area contributed by atoms with Crippen LogP contribution in [-0.4, -0.2) is 34.1 Å². The van der Waals surface area contributed by atoms with Crippen molar-refractivity contribution in [3.8, 4) is 0 Å². The standard InChI is InChI=1S/C10H13N3O2/c14-10(15)5-8-1-4-13(7-8)9-6-11-2-3-12-9/h2-3,6,8H,1,4-5,7H2,(H,14,15). The Kier molecular flexibility index (Phi) is 2.80. The van der Waals surface area contributed by atoms with Crippen LogP contribution in [0.5, 0.6) is 0 Å². The second kappa shape index (κ2) is 4.25. The summed E-state index contributed by atoms with van der Waals surface area (Å²) < 4.78 is 0. The molecule has 5 nitrogen and oxygen atoms in total. The number of hydrogen-bond donors (Lipinski definition) is 1. The number of carboxylic acid groups (broad SMARTS) is 1. The lowest BCUT2D eigenvalue weighted by molar-refractivity contribution is -0.137. The molecule has 1 aliphatic heterocycles. The molecule has 15 heavy (non-hydrogen) atoms. The quantitative estimate of drug-likeness (QED) is 0.793. The van der Waals surface area contributed by atoms with Gasteiger partial charge in [-0.25, -0.2) is 4.98 Å². The van der Waals surface area contributed by atoms with Gasteiger partial charge in [0.25, 0.3) is 0 Å². The second-order valence-electron chi connectivity index (χ2n) is 3.76. The van der Waals surface area contributed by atoms with Crippen molar-refractivity contribution in [3.63, 3.8) is 0 Å². The van der Waals surface area contributed by atoms with Crippen LogP contribution >= 0.6 is 0 Å². The van der Waals surface area contributed by atoms with Crippen LogP contribution in [0.25, 0.3) is 0 Å². The Balaban J connectivity index is 1.96. The van der Waals surface area contributed by atoms with E-state index >= 15 is 0 Å². The lowest BCUT2D eigenvalue weighted by atomic mass is 10.1. The van der Waals surface area contributed by atoms with Gasteiger partial charge in [-0.2, -0.15) is 0 Å². The van der Waals surface area contributed by atoms with Crippen molar-refractivity contribution in [1.82, 2.24) is 9.97 Å². The van der Waals surface area contributed by atoms with Gasteiger partial charge in [-0.1, -0.05) is 0 Å². The molecule has 1 unspecified atom stereocenters. The van der Waals surface area contributed by atoms with Gasteiger partial charge in [0.1, 0.15) is 5.82 Å². The molecule has 0 amide bonds. The van der Waals surface area contributed by atoms with Crippen LogP contribution in [-0.2, 0) is 4.79 Å². The Morgan fingerprint density at radius 1 is 1.60 bits per heavy atom. The molecule has 2 heterocycles. The Morgan fingerprint density at radius 3 is 3.13 bits per heavy atom. The summed E-state index contributed by atoms with van der Waals surface area (Å²) in [4.78, 5) is 20.8. The first-order chi connectivity index (χ1) is 7.25. The highest BCUT2D eigenvalue weighted by Gasteiger charge is 2.25. The number of anilines is 1. The fourth-order valence-corrected chi connectivity index (χ4v) is 1.91. The molecule has 0 saturated carbocycles. The van der Waals surface area contributed by atoms with Crippen molar-refractivity contribution >= 4 is 11.8 Å². The third-order valence-corrected chi connectivity index (χ3v) is 2.62. The predicted molar refractivity (Wildman–Crippen MR) is 54.6 cm³/mol. The van der Waals surface area contributed by atoms with E-state index in [9.17, 15) is 4.79 Å². The van der Waals surface area contributed by atoms with Gasteiger partial charge in [0.15, 0.2) is 0 Å². The summed E-state index contributed by atoms with van der Waals surface area (Å²) in [6.07, 6.45) is 6.16. The highest BCUT2D eigenvalue weighted by molar-refractivity contribution is 5.67. The number of carbonyl (C=O) groups is 1. The molecule has 1 aromatic rings. The summed E-state index contributed by atoms with van der Waals surface area (Å²) in [5.74, 6) is 0.357. The Morgan fingerprint density at radius 2 is 2.47 bits per heavy atom. The zero-order valence-corrected chi connectivity index (χ0v) is 8.33. The number of rotatable bonds is 3. The summed E-state index contributed by atoms with van der Waals surface area (Å²) >= 11 is 0. The maximum atomic E-state index is 10.6. The van der Waals surface area contributed by atoms with Crippen LogP contribution in [0.1, 0.15) is 12.8 Å². The largest absolute Gasteiger partial charge is 0.481 e. The monoisotopic (exact) mass is 207 g/mol. The SMILES string of the molecule is O=C(O)CC1CCN(c2cnccn2)C1. The van der Waals surface area contributed by atoms with Crippen molar-refractivity contribution in [2.45, 2.75) is 12.8 Å². The van der Waals surface area contributed by atoms with Crippen molar-refractivity contribution in [2.24, 2.45) is 5.92 Å². The van der Waals surface area contributed by atoms with Gasteiger partial charge in [-0.3, -0.25) is 9.78 Å². The highest BCUT2D eigenvalue weighted by atomic mass is 16.4. The molecule has 5 heteroatoms. The average molecular weight is 207 g/mol. The molecule has 1 N–H and O–H groups in total. The van der Waals surface area contributed by atoms with Crippen LogP contribution in [0.3, 0.4) is 0 Å². The number of hydrogen-bond acceptors (Lipinski definition) is 4. The predicted octanol–water partition coefficient (Wildman–Crippen LogP) is 0.778. The molecule has 0 radical (unpaired) electrons. The molecular formula is C10H13N3O2.